The van der Waals surface area contributed by atoms with E-state index in [2.05, 4.69) is 31.9 Å². The van der Waals surface area contributed by atoms with Gasteiger partial charge in [-0.05, 0) is 50.4 Å². The summed E-state index contributed by atoms with van der Waals surface area (Å²) in [5, 5.41) is 9.41. The Morgan fingerprint density at radius 2 is 1.86 bits per heavy atom. The summed E-state index contributed by atoms with van der Waals surface area (Å²) < 4.78 is 31.1. The van der Waals surface area contributed by atoms with Crippen molar-refractivity contribution in [3.63, 3.8) is 0 Å². The lowest BCUT2D eigenvalue weighted by Crippen LogP contribution is -2.01. The molecule has 0 spiro atoms. The van der Waals surface area contributed by atoms with E-state index in [0.717, 1.165) is 6.07 Å². The maximum absolute atomic E-state index is 10.9. The second-order valence-corrected chi connectivity index (χ2v) is 5.66. The van der Waals surface area contributed by atoms with E-state index in [0.29, 0.717) is 0 Å². The highest BCUT2D eigenvalue weighted by molar-refractivity contribution is 9.11. The number of phenolic OH excluding ortho intramolecular Hbond substituents is 1. The lowest BCUT2D eigenvalue weighted by Gasteiger charge is -2.08. The van der Waals surface area contributed by atoms with Crippen LogP contribution >= 0.6 is 31.9 Å². The Morgan fingerprint density at radius 1 is 1.36 bits per heavy atom. The van der Waals surface area contributed by atoms with Crippen LogP contribution in [0, 0.1) is 6.92 Å². The fourth-order valence-corrected chi connectivity index (χ4v) is 3.11. The van der Waals surface area contributed by atoms with Crippen molar-refractivity contribution in [3.8, 4) is 5.75 Å². The number of hydrogen-bond acceptors (Lipinski definition) is 3. The van der Waals surface area contributed by atoms with Gasteiger partial charge >= 0.3 is 0 Å². The molecule has 0 aliphatic rings. The van der Waals surface area contributed by atoms with Gasteiger partial charge in [0.2, 0.25) is 0 Å². The van der Waals surface area contributed by atoms with Gasteiger partial charge < -0.3 is 5.11 Å². The van der Waals surface area contributed by atoms with E-state index in [4.69, 9.17) is 4.55 Å². The molecule has 0 radical (unpaired) electrons. The highest BCUT2D eigenvalue weighted by Gasteiger charge is 2.19. The number of halogens is 2. The van der Waals surface area contributed by atoms with E-state index in [1.807, 2.05) is 0 Å². The van der Waals surface area contributed by atoms with Crippen LogP contribution in [0.1, 0.15) is 5.56 Å². The van der Waals surface area contributed by atoms with Crippen LogP contribution in [0.25, 0.3) is 0 Å². The molecule has 1 aromatic carbocycles. The van der Waals surface area contributed by atoms with E-state index in [-0.39, 0.29) is 25.2 Å². The van der Waals surface area contributed by atoms with Crippen molar-refractivity contribution in [2.45, 2.75) is 11.8 Å². The summed E-state index contributed by atoms with van der Waals surface area (Å²) in [5.74, 6) is -0.102. The molecule has 0 heterocycles. The van der Waals surface area contributed by atoms with Crippen LogP contribution in [0.15, 0.2) is 19.9 Å². The van der Waals surface area contributed by atoms with Crippen molar-refractivity contribution >= 4 is 42.0 Å². The Balaban J connectivity index is 3.66. The minimum absolute atomic E-state index is 0.102. The predicted octanol–water partition coefficient (Wildman–Crippen LogP) is 2.47. The molecule has 1 aromatic rings. The van der Waals surface area contributed by atoms with Crippen molar-refractivity contribution in [3.05, 3.63) is 20.6 Å². The van der Waals surface area contributed by atoms with Gasteiger partial charge in [-0.25, -0.2) is 0 Å². The van der Waals surface area contributed by atoms with Crippen molar-refractivity contribution in [2.24, 2.45) is 0 Å². The smallest absolute Gasteiger partial charge is 0.294 e. The topological polar surface area (TPSA) is 74.6 Å². The average molecular weight is 346 g/mol. The lowest BCUT2D eigenvalue weighted by atomic mass is 10.2. The minimum atomic E-state index is -4.27. The van der Waals surface area contributed by atoms with E-state index in [1.54, 1.807) is 0 Å². The van der Waals surface area contributed by atoms with Crippen LogP contribution in [0.4, 0.5) is 0 Å². The molecule has 7 heteroatoms. The molecule has 0 aromatic heterocycles. The molecule has 0 saturated carbocycles. The quantitative estimate of drug-likeness (QED) is 0.767. The van der Waals surface area contributed by atoms with Crippen molar-refractivity contribution in [1.82, 2.24) is 0 Å². The van der Waals surface area contributed by atoms with Crippen molar-refractivity contribution < 1.29 is 18.1 Å². The normalized spacial score (nSPS) is 11.7. The molecule has 1 rings (SSSR count). The van der Waals surface area contributed by atoms with Gasteiger partial charge in [0.25, 0.3) is 10.1 Å². The summed E-state index contributed by atoms with van der Waals surface area (Å²) in [5.41, 5.74) is 0.258. The zero-order valence-electron chi connectivity index (χ0n) is 6.95. The summed E-state index contributed by atoms with van der Waals surface area (Å²) >= 11 is 5.99. The molecule has 78 valence electrons. The van der Waals surface area contributed by atoms with Gasteiger partial charge in [-0.3, -0.25) is 4.55 Å². The first-order valence-corrected chi connectivity index (χ1v) is 6.43. The number of hydrogen-bond donors (Lipinski definition) is 2. The molecule has 14 heavy (non-hydrogen) atoms. The van der Waals surface area contributed by atoms with Gasteiger partial charge in [0.05, 0.1) is 13.8 Å². The SMILES string of the molecule is Cc1c(S(=O)(=O)O)cc(Br)c(O)c1Br. The summed E-state index contributed by atoms with van der Waals surface area (Å²) in [7, 11) is -4.27. The lowest BCUT2D eigenvalue weighted by molar-refractivity contribution is 0.465. The summed E-state index contributed by atoms with van der Waals surface area (Å²) in [6, 6.07) is 1.14. The predicted molar refractivity (Wildman–Crippen MR) is 58.1 cm³/mol. The Hall–Kier alpha value is -0.110. The maximum Gasteiger partial charge on any atom is 0.294 e. The number of benzene rings is 1. The minimum Gasteiger partial charge on any atom is -0.506 e. The van der Waals surface area contributed by atoms with Gasteiger partial charge in [-0.1, -0.05) is 0 Å². The molecule has 0 bridgehead atoms. The van der Waals surface area contributed by atoms with E-state index >= 15 is 0 Å². The molecule has 0 unspecified atom stereocenters. The summed E-state index contributed by atoms with van der Waals surface area (Å²) in [6.45, 7) is 1.47. The summed E-state index contributed by atoms with van der Waals surface area (Å²) in [4.78, 5) is -0.242. The van der Waals surface area contributed by atoms with Gasteiger partial charge in [-0.2, -0.15) is 8.42 Å². The maximum atomic E-state index is 10.9. The van der Waals surface area contributed by atoms with Crippen LogP contribution in [0.5, 0.6) is 5.75 Å². The Bertz CT molecular complexity index is 481. The third kappa shape index (κ3) is 2.10. The molecular formula is C7H6Br2O4S. The molecule has 0 amide bonds. The van der Waals surface area contributed by atoms with E-state index in [9.17, 15) is 13.5 Å². The Morgan fingerprint density at radius 3 is 2.29 bits per heavy atom. The van der Waals surface area contributed by atoms with Crippen LogP contribution in [-0.2, 0) is 10.1 Å². The molecular weight excluding hydrogens is 340 g/mol. The molecule has 0 saturated heterocycles. The van der Waals surface area contributed by atoms with Crippen molar-refractivity contribution in [2.75, 3.05) is 0 Å². The van der Waals surface area contributed by atoms with Crippen LogP contribution in [0.3, 0.4) is 0 Å². The second kappa shape index (κ2) is 3.80. The first-order valence-electron chi connectivity index (χ1n) is 3.40. The molecule has 0 fully saturated rings. The van der Waals surface area contributed by atoms with Crippen molar-refractivity contribution in [1.29, 1.82) is 0 Å². The molecule has 0 aliphatic carbocycles. The van der Waals surface area contributed by atoms with Crippen LogP contribution < -0.4 is 0 Å². The number of phenols is 1. The summed E-state index contributed by atoms with van der Waals surface area (Å²) in [6.07, 6.45) is 0. The third-order valence-electron chi connectivity index (χ3n) is 1.67. The molecule has 0 atom stereocenters. The molecule has 4 nitrogen and oxygen atoms in total. The van der Waals surface area contributed by atoms with Crippen LogP contribution in [-0.4, -0.2) is 18.1 Å². The molecule has 2 N–H and O–H groups in total. The zero-order valence-corrected chi connectivity index (χ0v) is 10.9. The Labute approximate surface area is 98.0 Å². The monoisotopic (exact) mass is 344 g/mol. The number of rotatable bonds is 1. The van der Waals surface area contributed by atoms with E-state index < -0.39 is 10.1 Å². The Kier molecular flexibility index (Phi) is 3.25. The highest BCUT2D eigenvalue weighted by Crippen LogP contribution is 2.38. The van der Waals surface area contributed by atoms with Gasteiger partial charge in [0.1, 0.15) is 5.75 Å². The first kappa shape index (κ1) is 12.0. The standard InChI is InChI=1S/C7H6Br2O4S/c1-3-5(14(11,12)13)2-4(8)7(10)6(3)9/h2,10H,1H3,(H,11,12,13). The highest BCUT2D eigenvalue weighted by atomic mass is 79.9. The zero-order chi connectivity index (χ0) is 11.1. The average Bonchev–Trinajstić information content (AvgIpc) is 2.06. The largest absolute Gasteiger partial charge is 0.506 e. The number of aromatic hydroxyl groups is 1. The fourth-order valence-electron chi connectivity index (χ4n) is 0.950. The van der Waals surface area contributed by atoms with Crippen LogP contribution in [0.2, 0.25) is 0 Å². The second-order valence-electron chi connectivity index (χ2n) is 2.62. The van der Waals surface area contributed by atoms with E-state index in [1.165, 1.54) is 6.92 Å². The fraction of sp³-hybridized carbons (Fsp3) is 0.143. The first-order chi connectivity index (χ1) is 6.25. The third-order valence-corrected chi connectivity index (χ3v) is 4.22. The van der Waals surface area contributed by atoms with Gasteiger partial charge in [0.15, 0.2) is 0 Å². The van der Waals surface area contributed by atoms with Gasteiger partial charge in [0, 0.05) is 0 Å². The molecule has 0 aliphatic heterocycles. The van der Waals surface area contributed by atoms with Gasteiger partial charge in [-0.15, -0.1) is 0 Å².